The summed E-state index contributed by atoms with van der Waals surface area (Å²) in [5, 5.41) is 0. The summed E-state index contributed by atoms with van der Waals surface area (Å²) in [6.07, 6.45) is 3.00. The number of halogens is 2. The van der Waals surface area contributed by atoms with Gasteiger partial charge in [-0.15, -0.1) is 0 Å². The van der Waals surface area contributed by atoms with E-state index in [1.807, 2.05) is 11.9 Å². The molecule has 5 heteroatoms. The molecule has 0 radical (unpaired) electrons. The van der Waals surface area contributed by atoms with Crippen molar-refractivity contribution >= 4 is 21.8 Å². The standard InChI is InChI=1S/C16H14BrFN2O/c1-20-15(21)13-11(8-16(20)6-7-16)19-14(17)12(13)9-2-4-10(18)5-3-9/h2-5,19H,6-8H2,1H3. The van der Waals surface area contributed by atoms with Crippen LogP contribution in [0.5, 0.6) is 0 Å². The highest BCUT2D eigenvalue weighted by atomic mass is 79.9. The lowest BCUT2D eigenvalue weighted by molar-refractivity contribution is 0.0681. The fourth-order valence-electron chi connectivity index (χ4n) is 3.26. The number of benzene rings is 1. The topological polar surface area (TPSA) is 36.1 Å². The zero-order valence-electron chi connectivity index (χ0n) is 11.5. The third-order valence-electron chi connectivity index (χ3n) is 4.73. The van der Waals surface area contributed by atoms with Gasteiger partial charge in [-0.3, -0.25) is 4.79 Å². The van der Waals surface area contributed by atoms with E-state index in [-0.39, 0.29) is 17.3 Å². The highest BCUT2D eigenvalue weighted by molar-refractivity contribution is 9.10. The quantitative estimate of drug-likeness (QED) is 0.837. The largest absolute Gasteiger partial charge is 0.352 e. The first-order valence-electron chi connectivity index (χ1n) is 6.96. The van der Waals surface area contributed by atoms with Crippen LogP contribution in [0, 0.1) is 5.82 Å². The number of aromatic nitrogens is 1. The van der Waals surface area contributed by atoms with Crippen LogP contribution in [0.4, 0.5) is 4.39 Å². The van der Waals surface area contributed by atoms with Crippen molar-refractivity contribution in [3.05, 3.63) is 45.9 Å². The molecule has 1 spiro atoms. The molecule has 1 N–H and O–H groups in total. The van der Waals surface area contributed by atoms with Crippen molar-refractivity contribution in [3.63, 3.8) is 0 Å². The lowest BCUT2D eigenvalue weighted by atomic mass is 9.93. The van der Waals surface area contributed by atoms with E-state index in [1.165, 1.54) is 12.1 Å². The second-order valence-electron chi connectivity index (χ2n) is 5.94. The molecule has 2 aliphatic rings. The van der Waals surface area contributed by atoms with Crippen LogP contribution in [0.3, 0.4) is 0 Å². The van der Waals surface area contributed by atoms with Gasteiger partial charge in [-0.1, -0.05) is 12.1 Å². The molecule has 21 heavy (non-hydrogen) atoms. The minimum absolute atomic E-state index is 0.0223. The molecular weight excluding hydrogens is 335 g/mol. The molecule has 2 aromatic rings. The zero-order chi connectivity index (χ0) is 14.8. The molecule has 0 bridgehead atoms. The van der Waals surface area contributed by atoms with E-state index < -0.39 is 0 Å². The summed E-state index contributed by atoms with van der Waals surface area (Å²) in [5.41, 5.74) is 3.40. The summed E-state index contributed by atoms with van der Waals surface area (Å²) >= 11 is 3.52. The number of nitrogens with one attached hydrogen (secondary N) is 1. The number of nitrogens with zero attached hydrogens (tertiary/aromatic N) is 1. The van der Waals surface area contributed by atoms with E-state index in [2.05, 4.69) is 20.9 Å². The molecule has 0 saturated heterocycles. The van der Waals surface area contributed by atoms with Gasteiger partial charge in [0.15, 0.2) is 0 Å². The second kappa shape index (κ2) is 4.19. The van der Waals surface area contributed by atoms with Gasteiger partial charge in [0.2, 0.25) is 0 Å². The van der Waals surface area contributed by atoms with E-state index >= 15 is 0 Å². The highest BCUT2D eigenvalue weighted by Gasteiger charge is 2.53. The number of rotatable bonds is 1. The molecule has 108 valence electrons. The first-order valence-corrected chi connectivity index (χ1v) is 7.76. The van der Waals surface area contributed by atoms with Crippen molar-refractivity contribution in [1.82, 2.24) is 9.88 Å². The van der Waals surface area contributed by atoms with Crippen LogP contribution in [0.15, 0.2) is 28.9 Å². The Bertz CT molecular complexity index is 746. The Morgan fingerprint density at radius 1 is 1.24 bits per heavy atom. The Hall–Kier alpha value is -1.62. The predicted octanol–water partition coefficient (Wildman–Crippen LogP) is 3.74. The average molecular weight is 349 g/mol. The van der Waals surface area contributed by atoms with Gasteiger partial charge in [0.25, 0.3) is 5.91 Å². The molecule has 1 saturated carbocycles. The highest BCUT2D eigenvalue weighted by Crippen LogP contribution is 2.49. The predicted molar refractivity (Wildman–Crippen MR) is 81.6 cm³/mol. The summed E-state index contributed by atoms with van der Waals surface area (Å²) in [6, 6.07) is 6.25. The van der Waals surface area contributed by atoms with E-state index in [1.54, 1.807) is 12.1 Å². The number of hydrogen-bond donors (Lipinski definition) is 1. The Balaban J connectivity index is 1.89. The average Bonchev–Trinajstić information content (AvgIpc) is 3.15. The van der Waals surface area contributed by atoms with Crippen LogP contribution in [-0.4, -0.2) is 28.4 Å². The van der Waals surface area contributed by atoms with Crippen LogP contribution in [0.1, 0.15) is 28.9 Å². The zero-order valence-corrected chi connectivity index (χ0v) is 13.1. The van der Waals surface area contributed by atoms with Crippen LogP contribution in [0.25, 0.3) is 11.1 Å². The molecule has 0 atom stereocenters. The molecule has 1 aromatic heterocycles. The van der Waals surface area contributed by atoms with E-state index in [0.717, 1.165) is 40.7 Å². The molecule has 1 aliphatic carbocycles. The molecule has 1 aromatic carbocycles. The molecule has 3 nitrogen and oxygen atoms in total. The maximum atomic E-state index is 13.1. The van der Waals surface area contributed by atoms with Crippen molar-refractivity contribution in [2.45, 2.75) is 24.8 Å². The SMILES string of the molecule is CN1C(=O)c2c([nH]c(Br)c2-c2ccc(F)cc2)CC12CC2. The molecule has 2 heterocycles. The van der Waals surface area contributed by atoms with E-state index in [4.69, 9.17) is 0 Å². The number of carbonyl (C=O) groups is 1. The smallest absolute Gasteiger partial charge is 0.256 e. The summed E-state index contributed by atoms with van der Waals surface area (Å²) in [7, 11) is 1.88. The molecule has 1 fully saturated rings. The Morgan fingerprint density at radius 2 is 1.90 bits per heavy atom. The molecule has 4 rings (SSSR count). The van der Waals surface area contributed by atoms with Gasteiger partial charge in [-0.2, -0.15) is 0 Å². The van der Waals surface area contributed by atoms with Gasteiger partial charge < -0.3 is 9.88 Å². The lowest BCUT2D eigenvalue weighted by Gasteiger charge is -2.33. The molecular formula is C16H14BrFN2O. The first kappa shape index (κ1) is 13.1. The fraction of sp³-hybridized carbons (Fsp3) is 0.312. The van der Waals surface area contributed by atoms with Gasteiger partial charge >= 0.3 is 0 Å². The van der Waals surface area contributed by atoms with E-state index in [9.17, 15) is 9.18 Å². The molecule has 0 unspecified atom stereocenters. The van der Waals surface area contributed by atoms with Crippen LogP contribution >= 0.6 is 15.9 Å². The number of hydrogen-bond acceptors (Lipinski definition) is 1. The summed E-state index contributed by atoms with van der Waals surface area (Å²) in [4.78, 5) is 17.9. The van der Waals surface area contributed by atoms with Gasteiger partial charge in [-0.25, -0.2) is 4.39 Å². The normalized spacial score (nSPS) is 19.0. The lowest BCUT2D eigenvalue weighted by Crippen LogP contribution is -2.44. The Morgan fingerprint density at radius 3 is 2.52 bits per heavy atom. The molecule has 1 amide bonds. The number of amides is 1. The molecule has 1 aliphatic heterocycles. The van der Waals surface area contributed by atoms with Gasteiger partial charge in [-0.05, 0) is 46.5 Å². The number of H-pyrrole nitrogens is 1. The number of aromatic amines is 1. The maximum absolute atomic E-state index is 13.1. The van der Waals surface area contributed by atoms with E-state index in [0.29, 0.717) is 5.56 Å². The van der Waals surface area contributed by atoms with Gasteiger partial charge in [0, 0.05) is 30.3 Å². The first-order chi connectivity index (χ1) is 10.0. The number of fused-ring (bicyclic) bond motifs is 1. The number of likely N-dealkylation sites (N-methyl/N-ethyl adjacent to an activating group) is 1. The Kier molecular flexibility index (Phi) is 2.61. The fourth-order valence-corrected chi connectivity index (χ4v) is 3.93. The van der Waals surface area contributed by atoms with Gasteiger partial charge in [0.05, 0.1) is 10.2 Å². The minimum Gasteiger partial charge on any atom is -0.352 e. The summed E-state index contributed by atoms with van der Waals surface area (Å²) in [5.74, 6) is -0.227. The van der Waals surface area contributed by atoms with Crippen LogP contribution in [0.2, 0.25) is 0 Å². The van der Waals surface area contributed by atoms with Crippen molar-refractivity contribution in [1.29, 1.82) is 0 Å². The summed E-state index contributed by atoms with van der Waals surface area (Å²) < 4.78 is 13.9. The maximum Gasteiger partial charge on any atom is 0.256 e. The van der Waals surface area contributed by atoms with Crippen molar-refractivity contribution in [2.24, 2.45) is 0 Å². The van der Waals surface area contributed by atoms with Crippen molar-refractivity contribution in [2.75, 3.05) is 7.05 Å². The van der Waals surface area contributed by atoms with Crippen molar-refractivity contribution in [3.8, 4) is 11.1 Å². The minimum atomic E-state index is -0.278. The van der Waals surface area contributed by atoms with Crippen molar-refractivity contribution < 1.29 is 9.18 Å². The third kappa shape index (κ3) is 1.80. The Labute approximate surface area is 130 Å². The third-order valence-corrected chi connectivity index (χ3v) is 5.32. The second-order valence-corrected chi connectivity index (χ2v) is 6.73. The van der Waals surface area contributed by atoms with Crippen LogP contribution in [-0.2, 0) is 6.42 Å². The van der Waals surface area contributed by atoms with Gasteiger partial charge in [0.1, 0.15) is 5.82 Å². The number of carbonyl (C=O) groups excluding carboxylic acids is 1. The monoisotopic (exact) mass is 348 g/mol. The van der Waals surface area contributed by atoms with Crippen LogP contribution < -0.4 is 0 Å². The summed E-state index contributed by atoms with van der Waals surface area (Å²) in [6.45, 7) is 0.